The molecule has 3 aromatic rings. The molecule has 26 heavy (non-hydrogen) atoms. The van der Waals surface area contributed by atoms with Crippen molar-refractivity contribution in [2.45, 2.75) is 25.3 Å². The fraction of sp³-hybridized carbons (Fsp3) is 0.238. The molecule has 1 N–H and O–H groups in total. The van der Waals surface area contributed by atoms with Gasteiger partial charge in [-0.2, -0.15) is 0 Å². The molecule has 3 rings (SSSR count). The number of imidazole rings is 1. The van der Waals surface area contributed by atoms with Crippen LogP contribution in [-0.2, 0) is 11.8 Å². The van der Waals surface area contributed by atoms with Crippen LogP contribution in [0.15, 0.2) is 67.0 Å². The summed E-state index contributed by atoms with van der Waals surface area (Å²) >= 11 is 0. The summed E-state index contributed by atoms with van der Waals surface area (Å²) < 4.78 is 15.1. The van der Waals surface area contributed by atoms with Crippen molar-refractivity contribution in [3.63, 3.8) is 0 Å². The maximum atomic E-state index is 13.3. The van der Waals surface area contributed by atoms with Crippen LogP contribution in [0, 0.1) is 5.82 Å². The lowest BCUT2D eigenvalue weighted by atomic mass is 9.97. The number of benzene rings is 2. The highest BCUT2D eigenvalue weighted by Crippen LogP contribution is 2.23. The summed E-state index contributed by atoms with van der Waals surface area (Å²) in [5, 5.41) is 3.05. The number of nitrogens with zero attached hydrogens (tertiary/aromatic N) is 2. The van der Waals surface area contributed by atoms with Crippen LogP contribution in [0.4, 0.5) is 4.39 Å². The van der Waals surface area contributed by atoms with Crippen LogP contribution >= 0.6 is 0 Å². The van der Waals surface area contributed by atoms with E-state index in [1.165, 1.54) is 12.1 Å². The van der Waals surface area contributed by atoms with Gasteiger partial charge in [0, 0.05) is 25.9 Å². The summed E-state index contributed by atoms with van der Waals surface area (Å²) in [6, 6.07) is 15.7. The van der Waals surface area contributed by atoms with Gasteiger partial charge < -0.3 is 9.88 Å². The second kappa shape index (κ2) is 7.95. The molecule has 0 aliphatic rings. The SMILES string of the molecule is C[C@@H](CC(=O)N[C@@H](c1ccc(F)cc1)c1nccn1C)c1ccccc1. The average Bonchev–Trinajstić information content (AvgIpc) is 3.07. The van der Waals surface area contributed by atoms with Crippen molar-refractivity contribution < 1.29 is 9.18 Å². The van der Waals surface area contributed by atoms with Gasteiger partial charge in [-0.15, -0.1) is 0 Å². The van der Waals surface area contributed by atoms with Gasteiger partial charge in [-0.25, -0.2) is 9.37 Å². The van der Waals surface area contributed by atoms with Gasteiger partial charge in [0.05, 0.1) is 0 Å². The molecule has 0 bridgehead atoms. The summed E-state index contributed by atoms with van der Waals surface area (Å²) in [4.78, 5) is 17.0. The van der Waals surface area contributed by atoms with E-state index in [4.69, 9.17) is 0 Å². The maximum Gasteiger partial charge on any atom is 0.221 e. The van der Waals surface area contributed by atoms with Crippen molar-refractivity contribution in [2.75, 3.05) is 0 Å². The Balaban J connectivity index is 1.78. The lowest BCUT2D eigenvalue weighted by Crippen LogP contribution is -2.31. The minimum atomic E-state index is -0.425. The Morgan fingerprint density at radius 3 is 2.42 bits per heavy atom. The lowest BCUT2D eigenvalue weighted by molar-refractivity contribution is -0.122. The van der Waals surface area contributed by atoms with Gasteiger partial charge in [0.2, 0.25) is 5.91 Å². The second-order valence-electron chi connectivity index (χ2n) is 6.46. The van der Waals surface area contributed by atoms with Gasteiger partial charge in [-0.1, -0.05) is 49.4 Å². The quantitative estimate of drug-likeness (QED) is 0.731. The van der Waals surface area contributed by atoms with Crippen LogP contribution in [0.5, 0.6) is 0 Å². The number of halogens is 1. The third kappa shape index (κ3) is 4.17. The Morgan fingerprint density at radius 2 is 1.81 bits per heavy atom. The third-order valence-electron chi connectivity index (χ3n) is 4.49. The van der Waals surface area contributed by atoms with E-state index in [-0.39, 0.29) is 17.6 Å². The smallest absolute Gasteiger partial charge is 0.221 e. The number of amides is 1. The maximum absolute atomic E-state index is 13.3. The summed E-state index contributed by atoms with van der Waals surface area (Å²) in [6.07, 6.45) is 3.88. The molecule has 5 heteroatoms. The summed E-state index contributed by atoms with van der Waals surface area (Å²) in [5.74, 6) is 0.429. The highest BCUT2D eigenvalue weighted by Gasteiger charge is 2.22. The molecule has 0 aliphatic carbocycles. The Bertz CT molecular complexity index is 858. The van der Waals surface area contributed by atoms with E-state index in [1.54, 1.807) is 18.3 Å². The number of hydrogen-bond donors (Lipinski definition) is 1. The second-order valence-corrected chi connectivity index (χ2v) is 6.46. The van der Waals surface area contributed by atoms with Crippen LogP contribution in [0.25, 0.3) is 0 Å². The van der Waals surface area contributed by atoms with Gasteiger partial charge in [-0.3, -0.25) is 4.79 Å². The van der Waals surface area contributed by atoms with Gasteiger partial charge in [0.25, 0.3) is 0 Å². The van der Waals surface area contributed by atoms with E-state index in [0.717, 1.165) is 11.1 Å². The van der Waals surface area contributed by atoms with E-state index >= 15 is 0 Å². The number of hydrogen-bond acceptors (Lipinski definition) is 2. The van der Waals surface area contributed by atoms with Crippen molar-refractivity contribution >= 4 is 5.91 Å². The van der Waals surface area contributed by atoms with Crippen LogP contribution in [0.2, 0.25) is 0 Å². The van der Waals surface area contributed by atoms with Crippen molar-refractivity contribution in [2.24, 2.45) is 7.05 Å². The fourth-order valence-corrected chi connectivity index (χ4v) is 3.00. The van der Waals surface area contributed by atoms with Crippen LogP contribution in [-0.4, -0.2) is 15.5 Å². The first-order chi connectivity index (χ1) is 12.5. The zero-order chi connectivity index (χ0) is 18.5. The monoisotopic (exact) mass is 351 g/mol. The molecule has 1 aromatic heterocycles. The number of aryl methyl sites for hydroxylation is 1. The Morgan fingerprint density at radius 1 is 1.12 bits per heavy atom. The Labute approximate surface area is 152 Å². The predicted molar refractivity (Wildman–Crippen MR) is 99.1 cm³/mol. The fourth-order valence-electron chi connectivity index (χ4n) is 3.00. The molecule has 0 aliphatic heterocycles. The van der Waals surface area contributed by atoms with E-state index < -0.39 is 6.04 Å². The highest BCUT2D eigenvalue weighted by atomic mass is 19.1. The molecule has 4 nitrogen and oxygen atoms in total. The number of carbonyl (C=O) groups excluding carboxylic acids is 1. The van der Waals surface area contributed by atoms with Crippen LogP contribution in [0.3, 0.4) is 0 Å². The minimum absolute atomic E-state index is 0.0707. The van der Waals surface area contributed by atoms with Gasteiger partial charge in [-0.05, 0) is 29.2 Å². The zero-order valence-corrected chi connectivity index (χ0v) is 14.9. The number of carbonyl (C=O) groups is 1. The van der Waals surface area contributed by atoms with E-state index in [2.05, 4.69) is 10.3 Å². The van der Waals surface area contributed by atoms with Gasteiger partial charge >= 0.3 is 0 Å². The standard InChI is InChI=1S/C21H22FN3O/c1-15(16-6-4-3-5-7-16)14-19(26)24-20(21-23-12-13-25(21)2)17-8-10-18(22)11-9-17/h3-13,15,20H,14H2,1-2H3,(H,24,26)/t15-,20-/m0/s1. The van der Waals surface area contributed by atoms with Crippen molar-refractivity contribution in [1.29, 1.82) is 0 Å². The average molecular weight is 351 g/mol. The van der Waals surface area contributed by atoms with E-state index in [0.29, 0.717) is 12.2 Å². The first-order valence-corrected chi connectivity index (χ1v) is 8.61. The molecule has 0 saturated carbocycles. The lowest BCUT2D eigenvalue weighted by Gasteiger charge is -2.20. The molecule has 0 unspecified atom stereocenters. The predicted octanol–water partition coefficient (Wildman–Crippen LogP) is 3.96. The molecular formula is C21H22FN3O. The van der Waals surface area contributed by atoms with Crippen molar-refractivity contribution in [1.82, 2.24) is 14.9 Å². The third-order valence-corrected chi connectivity index (χ3v) is 4.49. The topological polar surface area (TPSA) is 46.9 Å². The molecule has 0 saturated heterocycles. The number of nitrogens with one attached hydrogen (secondary N) is 1. The molecular weight excluding hydrogens is 329 g/mol. The van der Waals surface area contributed by atoms with E-state index in [9.17, 15) is 9.18 Å². The van der Waals surface area contributed by atoms with Crippen LogP contribution < -0.4 is 5.32 Å². The Kier molecular flexibility index (Phi) is 5.46. The molecule has 1 heterocycles. The number of aromatic nitrogens is 2. The molecule has 0 fully saturated rings. The minimum Gasteiger partial charge on any atom is -0.342 e. The summed E-state index contributed by atoms with van der Waals surface area (Å²) in [6.45, 7) is 2.03. The zero-order valence-electron chi connectivity index (χ0n) is 14.9. The van der Waals surface area contributed by atoms with Gasteiger partial charge in [0.15, 0.2) is 0 Å². The normalized spacial score (nSPS) is 13.2. The Hall–Kier alpha value is -2.95. The molecule has 0 radical (unpaired) electrons. The molecule has 0 spiro atoms. The molecule has 2 atom stereocenters. The van der Waals surface area contributed by atoms with Crippen LogP contribution in [0.1, 0.15) is 42.3 Å². The van der Waals surface area contributed by atoms with E-state index in [1.807, 2.05) is 55.1 Å². The molecule has 134 valence electrons. The van der Waals surface area contributed by atoms with Crippen molar-refractivity contribution in [3.05, 3.63) is 89.8 Å². The first-order valence-electron chi connectivity index (χ1n) is 8.61. The molecule has 2 aromatic carbocycles. The highest BCUT2D eigenvalue weighted by molar-refractivity contribution is 5.77. The van der Waals surface area contributed by atoms with Crippen molar-refractivity contribution in [3.8, 4) is 0 Å². The molecule has 1 amide bonds. The number of rotatable bonds is 6. The largest absolute Gasteiger partial charge is 0.342 e. The van der Waals surface area contributed by atoms with Gasteiger partial charge in [0.1, 0.15) is 17.7 Å². The summed E-state index contributed by atoms with van der Waals surface area (Å²) in [5.41, 5.74) is 1.92. The first kappa shape index (κ1) is 17.9. The summed E-state index contributed by atoms with van der Waals surface area (Å²) in [7, 11) is 1.87.